The van der Waals surface area contributed by atoms with Gasteiger partial charge in [0.15, 0.2) is 0 Å². The molecule has 110 valence electrons. The van der Waals surface area contributed by atoms with Gasteiger partial charge in [0, 0.05) is 6.54 Å². The van der Waals surface area contributed by atoms with E-state index in [0.717, 1.165) is 5.56 Å². The van der Waals surface area contributed by atoms with Gasteiger partial charge in [0.1, 0.15) is 5.75 Å². The Bertz CT molecular complexity index is 471. The molecule has 5 heteroatoms. The van der Waals surface area contributed by atoms with Crippen LogP contribution in [0, 0.1) is 11.8 Å². The summed E-state index contributed by atoms with van der Waals surface area (Å²) >= 11 is 0. The van der Waals surface area contributed by atoms with Crippen LogP contribution in [0.4, 0.5) is 0 Å². The lowest BCUT2D eigenvalue weighted by molar-refractivity contribution is -0.143. The number of carbonyl (C=O) groups is 2. The van der Waals surface area contributed by atoms with E-state index >= 15 is 0 Å². The molecule has 0 aliphatic rings. The van der Waals surface area contributed by atoms with E-state index in [2.05, 4.69) is 5.32 Å². The molecule has 5 nitrogen and oxygen atoms in total. The number of aliphatic carboxylic acids is 1. The minimum Gasteiger partial charge on any atom is -0.497 e. The third-order valence-electron chi connectivity index (χ3n) is 3.14. The van der Waals surface area contributed by atoms with Crippen LogP contribution in [0.3, 0.4) is 0 Å². The molecule has 0 radical (unpaired) electrons. The molecule has 1 aromatic rings. The summed E-state index contributed by atoms with van der Waals surface area (Å²) in [6.07, 6.45) is 0.210. The average Bonchev–Trinajstić information content (AvgIpc) is 2.38. The second-order valence-corrected chi connectivity index (χ2v) is 5.02. The Morgan fingerprint density at radius 3 is 2.60 bits per heavy atom. The number of ether oxygens (including phenoxy) is 1. The van der Waals surface area contributed by atoms with Crippen LogP contribution >= 0.6 is 0 Å². The van der Waals surface area contributed by atoms with Gasteiger partial charge in [-0.1, -0.05) is 26.0 Å². The van der Waals surface area contributed by atoms with Crippen LogP contribution in [0.25, 0.3) is 0 Å². The van der Waals surface area contributed by atoms with Gasteiger partial charge >= 0.3 is 5.97 Å². The minimum atomic E-state index is -0.887. The second kappa shape index (κ2) is 7.53. The largest absolute Gasteiger partial charge is 0.497 e. The van der Waals surface area contributed by atoms with E-state index in [-0.39, 0.29) is 24.8 Å². The topological polar surface area (TPSA) is 75.6 Å². The van der Waals surface area contributed by atoms with Crippen molar-refractivity contribution in [3.05, 3.63) is 29.8 Å². The van der Waals surface area contributed by atoms with Crippen molar-refractivity contribution < 1.29 is 19.4 Å². The summed E-state index contributed by atoms with van der Waals surface area (Å²) in [7, 11) is 1.57. The van der Waals surface area contributed by atoms with E-state index in [9.17, 15) is 9.59 Å². The van der Waals surface area contributed by atoms with Gasteiger partial charge in [0.05, 0.1) is 19.4 Å². The molecule has 0 saturated carbocycles. The predicted molar refractivity (Wildman–Crippen MR) is 75.7 cm³/mol. The Labute approximate surface area is 118 Å². The van der Waals surface area contributed by atoms with Crippen LogP contribution < -0.4 is 10.1 Å². The van der Waals surface area contributed by atoms with Crippen molar-refractivity contribution in [3.8, 4) is 5.75 Å². The van der Waals surface area contributed by atoms with Crippen LogP contribution in [0.1, 0.15) is 19.4 Å². The summed E-state index contributed by atoms with van der Waals surface area (Å²) in [6, 6.07) is 7.24. The number of rotatable bonds is 7. The zero-order chi connectivity index (χ0) is 15.1. The minimum absolute atomic E-state index is 0.0235. The molecule has 0 aliphatic heterocycles. The van der Waals surface area contributed by atoms with Crippen LogP contribution in [-0.4, -0.2) is 30.6 Å². The van der Waals surface area contributed by atoms with Gasteiger partial charge < -0.3 is 15.2 Å². The first-order valence-corrected chi connectivity index (χ1v) is 6.56. The molecule has 1 rings (SSSR count). The quantitative estimate of drug-likeness (QED) is 0.796. The van der Waals surface area contributed by atoms with Gasteiger partial charge in [0.25, 0.3) is 0 Å². The normalized spacial score (nSPS) is 12.0. The fraction of sp³-hybridized carbons (Fsp3) is 0.467. The molecule has 0 fully saturated rings. The summed E-state index contributed by atoms with van der Waals surface area (Å²) < 4.78 is 5.09. The van der Waals surface area contributed by atoms with Crippen LogP contribution in [-0.2, 0) is 16.0 Å². The molecular formula is C15H21NO4. The number of carboxylic acids is 1. The Morgan fingerprint density at radius 2 is 2.05 bits per heavy atom. The average molecular weight is 279 g/mol. The lowest BCUT2D eigenvalue weighted by Crippen LogP contribution is -2.36. The molecule has 1 amide bonds. The highest BCUT2D eigenvalue weighted by atomic mass is 16.5. The molecule has 1 atom stereocenters. The SMILES string of the molecule is COc1cccc(CC(=O)NCC(C(=O)O)C(C)C)c1. The van der Waals surface area contributed by atoms with Gasteiger partial charge in [-0.05, 0) is 23.6 Å². The molecule has 0 aromatic heterocycles. The first kappa shape index (κ1) is 16.0. The van der Waals surface area contributed by atoms with Crippen molar-refractivity contribution in [2.75, 3.05) is 13.7 Å². The summed E-state index contributed by atoms with van der Waals surface area (Å²) in [4.78, 5) is 22.8. The van der Waals surface area contributed by atoms with Gasteiger partial charge in [-0.3, -0.25) is 9.59 Å². The lowest BCUT2D eigenvalue weighted by Gasteiger charge is -2.16. The van der Waals surface area contributed by atoms with Crippen molar-refractivity contribution in [2.24, 2.45) is 11.8 Å². The maximum absolute atomic E-state index is 11.8. The first-order valence-electron chi connectivity index (χ1n) is 6.56. The number of methoxy groups -OCH3 is 1. The summed E-state index contributed by atoms with van der Waals surface area (Å²) in [6.45, 7) is 3.80. The van der Waals surface area contributed by atoms with E-state index in [1.165, 1.54) is 0 Å². The van der Waals surface area contributed by atoms with Crippen LogP contribution in [0.2, 0.25) is 0 Å². The van der Waals surface area contributed by atoms with Gasteiger partial charge in [-0.15, -0.1) is 0 Å². The van der Waals surface area contributed by atoms with E-state index in [1.54, 1.807) is 19.2 Å². The third kappa shape index (κ3) is 4.91. The van der Waals surface area contributed by atoms with Crippen LogP contribution in [0.15, 0.2) is 24.3 Å². The summed E-state index contributed by atoms with van der Waals surface area (Å²) in [5.41, 5.74) is 0.832. The zero-order valence-electron chi connectivity index (χ0n) is 12.1. The number of hydrogen-bond acceptors (Lipinski definition) is 3. The zero-order valence-corrected chi connectivity index (χ0v) is 12.1. The molecule has 1 aromatic carbocycles. The Morgan fingerprint density at radius 1 is 1.35 bits per heavy atom. The van der Waals surface area contributed by atoms with Crippen molar-refractivity contribution >= 4 is 11.9 Å². The molecule has 20 heavy (non-hydrogen) atoms. The van der Waals surface area contributed by atoms with Crippen LogP contribution in [0.5, 0.6) is 5.75 Å². The van der Waals surface area contributed by atoms with Crippen molar-refractivity contribution in [1.82, 2.24) is 5.32 Å². The number of amides is 1. The smallest absolute Gasteiger partial charge is 0.308 e. The molecule has 0 spiro atoms. The lowest BCUT2D eigenvalue weighted by atomic mass is 9.96. The fourth-order valence-corrected chi connectivity index (χ4v) is 1.86. The standard InChI is InChI=1S/C15H21NO4/c1-10(2)13(15(18)19)9-16-14(17)8-11-5-4-6-12(7-11)20-3/h4-7,10,13H,8-9H2,1-3H3,(H,16,17)(H,18,19). The summed E-state index contributed by atoms with van der Waals surface area (Å²) in [5.74, 6) is -0.971. The molecule has 0 bridgehead atoms. The highest BCUT2D eigenvalue weighted by molar-refractivity contribution is 5.79. The summed E-state index contributed by atoms with van der Waals surface area (Å²) in [5, 5.41) is 11.7. The maximum atomic E-state index is 11.8. The molecule has 0 aliphatic carbocycles. The molecule has 0 saturated heterocycles. The van der Waals surface area contributed by atoms with Crippen molar-refractivity contribution in [2.45, 2.75) is 20.3 Å². The molecule has 0 heterocycles. The van der Waals surface area contributed by atoms with Crippen molar-refractivity contribution in [3.63, 3.8) is 0 Å². The first-order chi connectivity index (χ1) is 9.43. The number of nitrogens with one attached hydrogen (secondary N) is 1. The van der Waals surface area contributed by atoms with E-state index in [4.69, 9.17) is 9.84 Å². The molecule has 2 N–H and O–H groups in total. The Hall–Kier alpha value is -2.04. The van der Waals surface area contributed by atoms with E-state index in [0.29, 0.717) is 5.75 Å². The number of carbonyl (C=O) groups excluding carboxylic acids is 1. The number of carboxylic acid groups (broad SMARTS) is 1. The van der Waals surface area contributed by atoms with Crippen molar-refractivity contribution in [1.29, 1.82) is 0 Å². The highest BCUT2D eigenvalue weighted by Gasteiger charge is 2.21. The van der Waals surface area contributed by atoms with E-state index < -0.39 is 11.9 Å². The molecular weight excluding hydrogens is 258 g/mol. The third-order valence-corrected chi connectivity index (χ3v) is 3.14. The van der Waals surface area contributed by atoms with Gasteiger partial charge in [-0.25, -0.2) is 0 Å². The highest BCUT2D eigenvalue weighted by Crippen LogP contribution is 2.13. The Kier molecular flexibility index (Phi) is 6.03. The number of hydrogen-bond donors (Lipinski definition) is 2. The fourth-order valence-electron chi connectivity index (χ4n) is 1.86. The maximum Gasteiger partial charge on any atom is 0.308 e. The number of benzene rings is 1. The van der Waals surface area contributed by atoms with Gasteiger partial charge in [-0.2, -0.15) is 0 Å². The predicted octanol–water partition coefficient (Wildman–Crippen LogP) is 1.71. The molecule has 1 unspecified atom stereocenters. The van der Waals surface area contributed by atoms with E-state index in [1.807, 2.05) is 26.0 Å². The second-order valence-electron chi connectivity index (χ2n) is 5.02. The Balaban J connectivity index is 2.53. The monoisotopic (exact) mass is 279 g/mol. The van der Waals surface area contributed by atoms with Gasteiger partial charge in [0.2, 0.25) is 5.91 Å².